The van der Waals surface area contributed by atoms with Gasteiger partial charge in [-0.2, -0.15) is 24.6 Å². The molecule has 0 aliphatic carbocycles. The van der Waals surface area contributed by atoms with E-state index in [1.165, 1.54) is 64.2 Å². The fourth-order valence-corrected chi connectivity index (χ4v) is 2.82. The van der Waals surface area contributed by atoms with Crippen molar-refractivity contribution in [3.05, 3.63) is 55.0 Å². The Labute approximate surface area is 224 Å². The molecule has 0 saturated heterocycles. The average molecular weight is 419 g/mol. The van der Waals surface area contributed by atoms with Crippen molar-refractivity contribution in [3.63, 3.8) is 0 Å². The summed E-state index contributed by atoms with van der Waals surface area (Å²) in [6, 6.07) is 9.87. The van der Waals surface area contributed by atoms with Crippen LogP contribution in [0.4, 0.5) is 0 Å². The minimum Gasteiger partial charge on any atom is -0.550 e. The second kappa shape index (κ2) is 28.3. The summed E-state index contributed by atoms with van der Waals surface area (Å²) >= 11 is 0. The number of carbonyl (C=O) groups excluding carboxylic acids is 1. The molecule has 0 bridgehead atoms. The van der Waals surface area contributed by atoms with E-state index in [-0.39, 0.29) is 65.5 Å². The van der Waals surface area contributed by atoms with E-state index >= 15 is 0 Å². The summed E-state index contributed by atoms with van der Waals surface area (Å²) < 4.78 is 0. The molecule has 154 valence electrons. The molecule has 0 amide bonds. The Morgan fingerprint density at radius 3 is 1.66 bits per heavy atom. The zero-order chi connectivity index (χ0) is 20.0. The smallest absolute Gasteiger partial charge is 0.550 e. The van der Waals surface area contributed by atoms with Gasteiger partial charge in [-0.05, 0) is 38.5 Å². The first kappa shape index (κ1) is 33.9. The van der Waals surface area contributed by atoms with Crippen LogP contribution in [0, 0.1) is 6.92 Å². The summed E-state index contributed by atoms with van der Waals surface area (Å²) in [5, 5.41) is 10.2. The average Bonchev–Trinajstić information content (AvgIpc) is 2.66. The predicted molar refractivity (Wildman–Crippen MR) is 115 cm³/mol. The third-order valence-electron chi connectivity index (χ3n) is 4.49. The van der Waals surface area contributed by atoms with Crippen LogP contribution >= 0.6 is 0 Å². The van der Waals surface area contributed by atoms with Gasteiger partial charge >= 0.3 is 59.1 Å². The molecule has 0 radical (unpaired) electrons. The zero-order valence-electron chi connectivity index (χ0n) is 19.5. The number of hydrogen-bond donors (Lipinski definition) is 0. The minimum atomic E-state index is -0.914. The van der Waals surface area contributed by atoms with Gasteiger partial charge in [0.25, 0.3) is 0 Å². The molecule has 1 aromatic rings. The number of carboxylic acids is 1. The molecule has 0 atom stereocenters. The number of carboxylic acid groups (broad SMARTS) is 1. The Balaban J connectivity index is -0.000000632. The normalized spacial score (nSPS) is 9.83. The van der Waals surface area contributed by atoms with Crippen molar-refractivity contribution in [1.29, 1.82) is 0 Å². The maximum atomic E-state index is 10.2. The van der Waals surface area contributed by atoms with Gasteiger partial charge in [0.1, 0.15) is 0 Å². The molecule has 0 aromatic heterocycles. The van der Waals surface area contributed by atoms with Crippen molar-refractivity contribution in [2.45, 2.75) is 96.8 Å². The molecule has 0 saturated carbocycles. The molecule has 0 fully saturated rings. The molecule has 0 spiro atoms. The van der Waals surface area contributed by atoms with E-state index in [0.717, 1.165) is 24.8 Å². The van der Waals surface area contributed by atoms with Crippen LogP contribution in [0.5, 0.6) is 0 Å². The van der Waals surface area contributed by atoms with Crippen LogP contribution in [-0.2, 0) is 4.79 Å². The van der Waals surface area contributed by atoms with E-state index in [2.05, 4.69) is 26.0 Å². The number of benzene rings is 1. The Bertz CT molecular complexity index is 461. The first-order chi connectivity index (χ1) is 13.2. The molecule has 2 nitrogen and oxygen atoms in total. The Kier molecular flexibility index (Phi) is 33.1. The second-order valence-electron chi connectivity index (χ2n) is 7.19. The van der Waals surface area contributed by atoms with E-state index in [4.69, 9.17) is 0 Å². The van der Waals surface area contributed by atoms with Crippen LogP contribution in [0.1, 0.15) is 102 Å². The van der Waals surface area contributed by atoms with Crippen molar-refractivity contribution < 1.29 is 69.0 Å². The van der Waals surface area contributed by atoms with Gasteiger partial charge in [-0.25, -0.2) is 0 Å². The molecular weight excluding hydrogens is 378 g/mol. The van der Waals surface area contributed by atoms with E-state index in [0.29, 0.717) is 0 Å². The molecule has 1 aromatic carbocycles. The number of allylic oxidation sites excluding steroid dienone is 2. The van der Waals surface area contributed by atoms with Crippen molar-refractivity contribution in [1.82, 2.24) is 0 Å². The summed E-state index contributed by atoms with van der Waals surface area (Å²) in [6.07, 6.45) is 20.9. The van der Waals surface area contributed by atoms with Gasteiger partial charge in [0.05, 0.1) is 0 Å². The van der Waals surface area contributed by atoms with Crippen LogP contribution in [0.25, 0.3) is 0 Å². The molecule has 29 heavy (non-hydrogen) atoms. The van der Waals surface area contributed by atoms with Crippen LogP contribution in [-0.4, -0.2) is 5.97 Å². The van der Waals surface area contributed by atoms with Gasteiger partial charge in [-0.3, -0.25) is 0 Å². The van der Waals surface area contributed by atoms with Gasteiger partial charge in [-0.15, -0.1) is 12.1 Å². The predicted octanol–water partition coefficient (Wildman–Crippen LogP) is 0.651. The van der Waals surface area contributed by atoms with Crippen molar-refractivity contribution in [3.8, 4) is 0 Å². The largest absolute Gasteiger partial charge is 1.00 e. The van der Waals surface area contributed by atoms with Gasteiger partial charge in [0.2, 0.25) is 0 Å². The van der Waals surface area contributed by atoms with Crippen LogP contribution in [0.3, 0.4) is 0 Å². The monoisotopic (exact) mass is 418 g/mol. The maximum Gasteiger partial charge on any atom is 1.00 e. The third-order valence-corrected chi connectivity index (χ3v) is 4.49. The Morgan fingerprint density at radius 1 is 0.793 bits per heavy atom. The zero-order valence-corrected chi connectivity index (χ0v) is 23.5. The topological polar surface area (TPSA) is 40.1 Å². The van der Waals surface area contributed by atoms with Gasteiger partial charge in [-0.1, -0.05) is 76.5 Å². The summed E-state index contributed by atoms with van der Waals surface area (Å²) in [6.45, 7) is 5.98. The van der Waals surface area contributed by atoms with Crippen molar-refractivity contribution in [2.24, 2.45) is 0 Å². The minimum absolute atomic E-state index is 0. The van der Waals surface area contributed by atoms with E-state index in [1.54, 1.807) is 0 Å². The SMILES string of the molecule is CCCCCCCC/C=C\CCCCCCCC(=O)[O-].[CH2-]c1ccccc1.[Na+].[Na+]. The van der Waals surface area contributed by atoms with Gasteiger partial charge in [0.15, 0.2) is 0 Å². The van der Waals surface area contributed by atoms with Crippen LogP contribution in [0.2, 0.25) is 0 Å². The molecule has 0 aliphatic heterocycles. The molecule has 0 aliphatic rings. The van der Waals surface area contributed by atoms with Crippen molar-refractivity contribution >= 4 is 5.97 Å². The first-order valence-electron chi connectivity index (χ1n) is 10.9. The van der Waals surface area contributed by atoms with Crippen LogP contribution in [0.15, 0.2) is 42.5 Å². The Morgan fingerprint density at radius 2 is 1.24 bits per heavy atom. The molecule has 0 N–H and O–H groups in total. The summed E-state index contributed by atoms with van der Waals surface area (Å²) in [4.78, 5) is 10.2. The molecule has 1 rings (SSSR count). The number of hydrogen-bond acceptors (Lipinski definition) is 2. The van der Waals surface area contributed by atoms with E-state index in [1.807, 2.05) is 30.3 Å². The quantitative estimate of drug-likeness (QED) is 0.182. The molecule has 0 heterocycles. The van der Waals surface area contributed by atoms with E-state index in [9.17, 15) is 9.90 Å². The number of unbranched alkanes of at least 4 members (excludes halogenated alkanes) is 11. The van der Waals surface area contributed by atoms with Crippen LogP contribution < -0.4 is 64.2 Å². The number of rotatable bonds is 15. The van der Waals surface area contributed by atoms with Gasteiger partial charge in [0, 0.05) is 5.97 Å². The fourth-order valence-electron chi connectivity index (χ4n) is 2.82. The molecule has 4 heteroatoms. The standard InChI is InChI=1S/C18H34O2.C7H7.2Na/c1-2-3-4-5-6-7-8-9-10-11-12-13-14-15-16-17-18(19)20;1-7-5-3-2-4-6-7;;/h9-10H,2-8,11-17H2,1H3,(H,19,20);2-6H,1H2;;/q;-1;2*+1/p-1/b10-9-;;;. The third kappa shape index (κ3) is 30.6. The summed E-state index contributed by atoms with van der Waals surface area (Å²) in [5.74, 6) is -0.914. The Hall–Kier alpha value is 0.300. The number of carbonyl (C=O) groups is 1. The first-order valence-corrected chi connectivity index (χ1v) is 10.9. The summed E-state index contributed by atoms with van der Waals surface area (Å²) in [7, 11) is 0. The van der Waals surface area contributed by atoms with E-state index < -0.39 is 5.97 Å². The molecule has 0 unspecified atom stereocenters. The molecular formula is C25H40Na2O2. The summed E-state index contributed by atoms with van der Waals surface area (Å²) in [5.41, 5.74) is 1.07. The van der Waals surface area contributed by atoms with Crippen molar-refractivity contribution in [2.75, 3.05) is 0 Å². The fraction of sp³-hybridized carbons (Fsp3) is 0.600. The second-order valence-corrected chi connectivity index (χ2v) is 7.19. The maximum absolute atomic E-state index is 10.2. The van der Waals surface area contributed by atoms with Gasteiger partial charge < -0.3 is 9.90 Å². The number of aliphatic carboxylic acids is 1.